The number of carbonyl (C=O) groups is 1. The highest BCUT2D eigenvalue weighted by molar-refractivity contribution is 5.98. The second-order valence-corrected chi connectivity index (χ2v) is 9.99. The second kappa shape index (κ2) is 9.61. The summed E-state index contributed by atoms with van der Waals surface area (Å²) in [6.07, 6.45) is 2.26. The average molecular weight is 459 g/mol. The van der Waals surface area contributed by atoms with Gasteiger partial charge in [0.25, 0.3) is 0 Å². The van der Waals surface area contributed by atoms with Crippen LogP contribution in [0.1, 0.15) is 73.4 Å². The number of benzene rings is 2. The van der Waals surface area contributed by atoms with E-state index in [0.717, 1.165) is 44.9 Å². The van der Waals surface area contributed by atoms with E-state index in [-0.39, 0.29) is 17.3 Å². The van der Waals surface area contributed by atoms with E-state index < -0.39 is 18.2 Å². The van der Waals surface area contributed by atoms with Gasteiger partial charge >= 0.3 is 6.18 Å². The quantitative estimate of drug-likeness (QED) is 0.428. The summed E-state index contributed by atoms with van der Waals surface area (Å²) in [7, 11) is 0. The number of carbonyl (C=O) groups excluding carboxylic acids is 1. The van der Waals surface area contributed by atoms with Crippen LogP contribution in [0.2, 0.25) is 0 Å². The first-order chi connectivity index (χ1) is 15.7. The fourth-order valence-electron chi connectivity index (χ4n) is 5.64. The van der Waals surface area contributed by atoms with Crippen molar-refractivity contribution in [1.82, 2.24) is 0 Å². The van der Waals surface area contributed by atoms with Gasteiger partial charge in [-0.1, -0.05) is 61.5 Å². The molecule has 0 radical (unpaired) electrons. The number of halogens is 3. The highest BCUT2D eigenvalue weighted by Crippen LogP contribution is 2.48. The summed E-state index contributed by atoms with van der Waals surface area (Å²) in [6.45, 7) is 1.31. The van der Waals surface area contributed by atoms with Gasteiger partial charge in [-0.3, -0.25) is 4.79 Å². The zero-order valence-electron chi connectivity index (χ0n) is 19.2. The number of ketones is 1. The van der Waals surface area contributed by atoms with Crippen LogP contribution in [0, 0.1) is 23.7 Å². The first-order valence-corrected chi connectivity index (χ1v) is 12.2. The molecule has 0 aliphatic heterocycles. The predicted molar refractivity (Wildman–Crippen MR) is 123 cm³/mol. The molecule has 33 heavy (non-hydrogen) atoms. The summed E-state index contributed by atoms with van der Waals surface area (Å²) in [6, 6.07) is 16.0. The fourth-order valence-corrected chi connectivity index (χ4v) is 5.64. The Kier molecular flexibility index (Phi) is 6.99. The third-order valence-electron chi connectivity index (χ3n) is 7.83. The van der Waals surface area contributed by atoms with Crippen molar-refractivity contribution in [1.29, 1.82) is 0 Å². The van der Waals surface area contributed by atoms with E-state index in [2.05, 4.69) is 24.3 Å². The van der Waals surface area contributed by atoms with Crippen LogP contribution >= 0.6 is 0 Å². The Morgan fingerprint density at radius 2 is 1.45 bits per heavy atom. The lowest BCUT2D eigenvalue weighted by Gasteiger charge is -2.34. The Morgan fingerprint density at radius 3 is 1.94 bits per heavy atom. The van der Waals surface area contributed by atoms with Crippen LogP contribution in [0.4, 0.5) is 13.2 Å². The van der Waals surface area contributed by atoms with Crippen molar-refractivity contribution in [2.45, 2.75) is 70.1 Å². The van der Waals surface area contributed by atoms with Gasteiger partial charge in [0.15, 0.2) is 11.4 Å². The van der Waals surface area contributed by atoms with Crippen molar-refractivity contribution in [3.8, 4) is 0 Å². The molecule has 5 heteroatoms. The Bertz CT molecular complexity index is 926. The third-order valence-corrected chi connectivity index (χ3v) is 7.83. The first-order valence-electron chi connectivity index (χ1n) is 12.2. The predicted octanol–water partition coefficient (Wildman–Crippen LogP) is 7.10. The van der Waals surface area contributed by atoms with Crippen molar-refractivity contribution in [3.63, 3.8) is 0 Å². The molecule has 0 heterocycles. The normalized spacial score (nSPS) is 24.2. The third kappa shape index (κ3) is 5.18. The maximum atomic E-state index is 13.4. The molecule has 2 aromatic rings. The van der Waals surface area contributed by atoms with Crippen molar-refractivity contribution < 1.29 is 23.1 Å². The molecule has 2 aliphatic carbocycles. The molecule has 1 N–H and O–H groups in total. The van der Waals surface area contributed by atoms with Crippen LogP contribution in [-0.4, -0.2) is 17.1 Å². The summed E-state index contributed by atoms with van der Waals surface area (Å²) in [4.78, 5) is 13.4. The molecule has 2 fully saturated rings. The summed E-state index contributed by atoms with van der Waals surface area (Å²) in [5.41, 5.74) is -1.27. The van der Waals surface area contributed by atoms with Crippen LogP contribution in [0.3, 0.4) is 0 Å². The van der Waals surface area contributed by atoms with Crippen LogP contribution in [0.5, 0.6) is 0 Å². The molecule has 0 bridgehead atoms. The van der Waals surface area contributed by atoms with Crippen LogP contribution in [0.25, 0.3) is 0 Å². The monoisotopic (exact) mass is 458 g/mol. The van der Waals surface area contributed by atoms with Gasteiger partial charge in [-0.05, 0) is 80.2 Å². The molecule has 2 atom stereocenters. The lowest BCUT2D eigenvalue weighted by Crippen LogP contribution is -2.41. The highest BCUT2D eigenvalue weighted by Gasteiger charge is 2.53. The van der Waals surface area contributed by atoms with E-state index in [4.69, 9.17) is 0 Å². The maximum absolute atomic E-state index is 13.4. The molecule has 4 rings (SSSR count). The first kappa shape index (κ1) is 24.0. The topological polar surface area (TPSA) is 37.3 Å². The van der Waals surface area contributed by atoms with Crippen molar-refractivity contribution in [2.75, 3.05) is 0 Å². The average Bonchev–Trinajstić information content (AvgIpc) is 3.65. The molecule has 2 aromatic carbocycles. The molecular weight excluding hydrogens is 425 g/mol. The van der Waals surface area contributed by atoms with E-state index in [1.54, 1.807) is 0 Å². The fraction of sp³-hybridized carbons (Fsp3) is 0.536. The van der Waals surface area contributed by atoms with Crippen molar-refractivity contribution in [3.05, 3.63) is 71.3 Å². The van der Waals surface area contributed by atoms with Gasteiger partial charge in [-0.25, -0.2) is 0 Å². The lowest BCUT2D eigenvalue weighted by atomic mass is 9.70. The molecule has 2 nitrogen and oxygen atoms in total. The number of rotatable bonds is 8. The Balaban J connectivity index is 1.43. The second-order valence-electron chi connectivity index (χ2n) is 9.99. The summed E-state index contributed by atoms with van der Waals surface area (Å²) >= 11 is 0. The Hall–Kier alpha value is -2.14. The van der Waals surface area contributed by atoms with E-state index in [1.165, 1.54) is 36.8 Å². The summed E-state index contributed by atoms with van der Waals surface area (Å²) in [5, 5.41) is 10.2. The number of alkyl halides is 3. The highest BCUT2D eigenvalue weighted by atomic mass is 19.4. The van der Waals surface area contributed by atoms with Gasteiger partial charge < -0.3 is 5.11 Å². The molecule has 0 amide bonds. The molecule has 178 valence electrons. The largest absolute Gasteiger partial charge is 0.421 e. The standard InChI is InChI=1S/C28H33F3O2/c1-2-27(33,28(29,30)31)24-16-14-23(15-17-24)26(32)25(22-12-13-22)21-10-8-20(9-11-21)18-19-6-4-3-5-7-19/h3-7,14-17,20-22,25,33H,2,8-13,18H2,1H3/t20?,21?,25?,27-/m0/s1. The minimum Gasteiger partial charge on any atom is -0.376 e. The SMILES string of the molecule is CC[C@](O)(c1ccc(C(=O)C(C2CCC(Cc3ccccc3)CC2)C2CC2)cc1)C(F)(F)F. The Labute approximate surface area is 194 Å². The van der Waals surface area contributed by atoms with Gasteiger partial charge in [0.2, 0.25) is 0 Å². The van der Waals surface area contributed by atoms with Gasteiger partial charge in [-0.15, -0.1) is 0 Å². The van der Waals surface area contributed by atoms with Crippen molar-refractivity contribution >= 4 is 5.78 Å². The zero-order valence-corrected chi connectivity index (χ0v) is 19.2. The van der Waals surface area contributed by atoms with E-state index in [9.17, 15) is 23.1 Å². The molecule has 0 saturated heterocycles. The Morgan fingerprint density at radius 1 is 0.909 bits per heavy atom. The van der Waals surface area contributed by atoms with Crippen LogP contribution in [0.15, 0.2) is 54.6 Å². The molecule has 0 aromatic heterocycles. The van der Waals surface area contributed by atoms with Gasteiger partial charge in [0, 0.05) is 11.5 Å². The lowest BCUT2D eigenvalue weighted by molar-refractivity contribution is -0.267. The van der Waals surface area contributed by atoms with E-state index in [0.29, 0.717) is 23.3 Å². The molecular formula is C28H33F3O2. The number of aliphatic hydroxyl groups is 1. The number of hydrogen-bond donors (Lipinski definition) is 1. The molecule has 1 unspecified atom stereocenters. The molecule has 2 saturated carbocycles. The smallest absolute Gasteiger partial charge is 0.376 e. The minimum atomic E-state index is -4.76. The number of hydrogen-bond acceptors (Lipinski definition) is 2. The van der Waals surface area contributed by atoms with Gasteiger partial charge in [0.05, 0.1) is 0 Å². The zero-order chi connectivity index (χ0) is 23.6. The van der Waals surface area contributed by atoms with Crippen molar-refractivity contribution in [2.24, 2.45) is 23.7 Å². The van der Waals surface area contributed by atoms with Crippen LogP contribution < -0.4 is 0 Å². The minimum absolute atomic E-state index is 0.0406. The van der Waals surface area contributed by atoms with E-state index in [1.807, 2.05) is 6.07 Å². The van der Waals surface area contributed by atoms with Crippen LogP contribution in [-0.2, 0) is 12.0 Å². The summed E-state index contributed by atoms with van der Waals surface area (Å²) in [5.74, 6) is 1.41. The molecule has 2 aliphatic rings. The molecule has 0 spiro atoms. The summed E-state index contributed by atoms with van der Waals surface area (Å²) < 4.78 is 40.2. The maximum Gasteiger partial charge on any atom is 0.421 e. The number of Topliss-reactive ketones (excluding diaryl/α,β-unsaturated/α-hetero) is 1. The van der Waals surface area contributed by atoms with Gasteiger partial charge in [-0.2, -0.15) is 13.2 Å². The van der Waals surface area contributed by atoms with E-state index >= 15 is 0 Å². The van der Waals surface area contributed by atoms with Gasteiger partial charge in [0.1, 0.15) is 0 Å².